The first-order valence-electron chi connectivity index (χ1n) is 3.43. The van der Waals surface area contributed by atoms with E-state index in [9.17, 15) is 4.79 Å². The van der Waals surface area contributed by atoms with Crippen molar-refractivity contribution in [1.29, 1.82) is 0 Å². The van der Waals surface area contributed by atoms with Crippen LogP contribution >= 0.6 is 0 Å². The number of aliphatic hydroxyl groups is 2. The molecule has 4 nitrogen and oxygen atoms in total. The van der Waals surface area contributed by atoms with Crippen LogP contribution in [0.3, 0.4) is 0 Å². The van der Waals surface area contributed by atoms with Crippen molar-refractivity contribution >= 4 is 5.97 Å². The molecule has 0 aliphatic carbocycles. The number of carboxylic acid groups (broad SMARTS) is 1. The van der Waals surface area contributed by atoms with Gasteiger partial charge in [-0.25, -0.2) is 0 Å². The minimum Gasteiger partial charge on any atom is -0.481 e. The maximum atomic E-state index is 9.70. The van der Waals surface area contributed by atoms with Crippen molar-refractivity contribution in [2.75, 3.05) is 6.61 Å². The number of rotatable bonds is 2. The third kappa shape index (κ3) is 17.7. The van der Waals surface area contributed by atoms with Gasteiger partial charge in [0.05, 0.1) is 18.6 Å². The van der Waals surface area contributed by atoms with Crippen molar-refractivity contribution in [3.63, 3.8) is 0 Å². The molecule has 11 heavy (non-hydrogen) atoms. The smallest absolute Gasteiger partial charge is 0.305 e. The highest BCUT2D eigenvalue weighted by molar-refractivity contribution is 5.68. The molecule has 1 unspecified atom stereocenters. The monoisotopic (exact) mass is 164 g/mol. The lowest BCUT2D eigenvalue weighted by atomic mass is 10.2. The van der Waals surface area contributed by atoms with Gasteiger partial charge in [0.2, 0.25) is 0 Å². The van der Waals surface area contributed by atoms with Crippen LogP contribution in [-0.2, 0) is 4.79 Å². The molecule has 0 saturated carbocycles. The second-order valence-corrected chi connectivity index (χ2v) is 2.52. The van der Waals surface area contributed by atoms with E-state index in [1.165, 1.54) is 6.92 Å². The van der Waals surface area contributed by atoms with Gasteiger partial charge in [-0.05, 0) is 6.92 Å². The van der Waals surface area contributed by atoms with E-state index in [0.717, 1.165) is 0 Å². The molecule has 0 aliphatic rings. The molecule has 3 N–H and O–H groups in total. The quantitative estimate of drug-likeness (QED) is 0.540. The normalized spacial score (nSPS) is 11.8. The van der Waals surface area contributed by atoms with Crippen molar-refractivity contribution in [3.8, 4) is 0 Å². The van der Waals surface area contributed by atoms with Gasteiger partial charge in [-0.1, -0.05) is 13.8 Å². The average Bonchev–Trinajstić information content (AvgIpc) is 1.89. The van der Waals surface area contributed by atoms with E-state index < -0.39 is 12.1 Å². The molecule has 0 radical (unpaired) electrons. The summed E-state index contributed by atoms with van der Waals surface area (Å²) in [7, 11) is 0. The number of hydrogen-bond acceptors (Lipinski definition) is 3. The summed E-state index contributed by atoms with van der Waals surface area (Å²) in [5, 5.41) is 24.0. The zero-order chi connectivity index (χ0) is 9.44. The predicted octanol–water partition coefficient (Wildman–Crippen LogP) is 0.0865. The van der Waals surface area contributed by atoms with E-state index in [4.69, 9.17) is 15.3 Å². The van der Waals surface area contributed by atoms with Crippen LogP contribution in [0, 0.1) is 5.92 Å². The Labute approximate surface area is 66.5 Å². The molecular weight excluding hydrogens is 148 g/mol. The summed E-state index contributed by atoms with van der Waals surface area (Å²) in [5.74, 6) is -0.972. The van der Waals surface area contributed by atoms with Crippen LogP contribution in [0.4, 0.5) is 0 Å². The van der Waals surface area contributed by atoms with Crippen molar-refractivity contribution in [2.45, 2.75) is 26.9 Å². The first-order chi connectivity index (χ1) is 4.91. The zero-order valence-electron chi connectivity index (χ0n) is 7.11. The number of aliphatic carboxylic acids is 1. The van der Waals surface area contributed by atoms with Gasteiger partial charge in [0.15, 0.2) is 0 Å². The van der Waals surface area contributed by atoms with E-state index in [1.807, 2.05) is 0 Å². The summed E-state index contributed by atoms with van der Waals surface area (Å²) in [6, 6.07) is 0. The maximum Gasteiger partial charge on any atom is 0.305 e. The molecule has 1 atom stereocenters. The first-order valence-corrected chi connectivity index (χ1v) is 3.43. The van der Waals surface area contributed by atoms with Crippen molar-refractivity contribution in [1.82, 2.24) is 0 Å². The zero-order valence-corrected chi connectivity index (χ0v) is 7.11. The van der Waals surface area contributed by atoms with Gasteiger partial charge in [-0.15, -0.1) is 0 Å². The van der Waals surface area contributed by atoms with Crippen LogP contribution in [0.1, 0.15) is 20.8 Å². The molecule has 0 aromatic heterocycles. The Balaban J connectivity index is 0. The number of carboxylic acids is 1. The Morgan fingerprint density at radius 2 is 1.55 bits per heavy atom. The lowest BCUT2D eigenvalue weighted by Gasteiger charge is -1.90. The Morgan fingerprint density at radius 1 is 1.36 bits per heavy atom. The van der Waals surface area contributed by atoms with Gasteiger partial charge in [0, 0.05) is 0 Å². The summed E-state index contributed by atoms with van der Waals surface area (Å²) in [4.78, 5) is 9.70. The van der Waals surface area contributed by atoms with Gasteiger partial charge in [-0.3, -0.25) is 4.79 Å². The topological polar surface area (TPSA) is 77.8 Å². The average molecular weight is 164 g/mol. The Morgan fingerprint density at radius 3 is 1.55 bits per heavy atom. The molecular formula is C7H16O4. The molecule has 68 valence electrons. The molecule has 0 aliphatic heterocycles. The summed E-state index contributed by atoms with van der Waals surface area (Å²) < 4.78 is 0. The molecule has 0 fully saturated rings. The Kier molecular flexibility index (Phi) is 8.87. The highest BCUT2D eigenvalue weighted by Crippen LogP contribution is 1.87. The van der Waals surface area contributed by atoms with E-state index in [2.05, 4.69) is 0 Å². The number of hydrogen-bond donors (Lipinski definition) is 3. The third-order valence-electron chi connectivity index (χ3n) is 0.758. The van der Waals surface area contributed by atoms with Gasteiger partial charge < -0.3 is 15.3 Å². The van der Waals surface area contributed by atoms with Crippen LogP contribution in [0.5, 0.6) is 0 Å². The number of carbonyl (C=O) groups is 1. The largest absolute Gasteiger partial charge is 0.481 e. The third-order valence-corrected chi connectivity index (χ3v) is 0.758. The SMILES string of the molecule is CC(C)C(=O)O.CC(O)CO. The van der Waals surface area contributed by atoms with Crippen LogP contribution in [0.2, 0.25) is 0 Å². The van der Waals surface area contributed by atoms with Crippen molar-refractivity contribution in [3.05, 3.63) is 0 Å². The maximum absolute atomic E-state index is 9.70. The fourth-order valence-electron chi connectivity index (χ4n) is 0. The second kappa shape index (κ2) is 7.50. The molecule has 0 bridgehead atoms. The molecule has 0 amide bonds. The number of aliphatic hydroxyl groups excluding tert-OH is 2. The van der Waals surface area contributed by atoms with Gasteiger partial charge in [-0.2, -0.15) is 0 Å². The summed E-state index contributed by atoms with van der Waals surface area (Å²) in [6.07, 6.45) is -0.560. The lowest BCUT2D eigenvalue weighted by molar-refractivity contribution is -0.140. The van der Waals surface area contributed by atoms with Crippen LogP contribution < -0.4 is 0 Å². The van der Waals surface area contributed by atoms with Crippen LogP contribution in [0.25, 0.3) is 0 Å². The van der Waals surface area contributed by atoms with E-state index in [1.54, 1.807) is 13.8 Å². The molecule has 0 saturated heterocycles. The summed E-state index contributed by atoms with van der Waals surface area (Å²) >= 11 is 0. The standard InChI is InChI=1S/C4H8O2.C3H8O2/c1-3(2)4(5)6;1-3(5)2-4/h3H,1-2H3,(H,5,6);3-5H,2H2,1H3. The lowest BCUT2D eigenvalue weighted by Crippen LogP contribution is -2.03. The van der Waals surface area contributed by atoms with Gasteiger partial charge >= 0.3 is 5.97 Å². The molecule has 0 spiro atoms. The molecule has 0 aromatic rings. The summed E-state index contributed by atoms with van der Waals surface area (Å²) in [5.41, 5.74) is 0. The van der Waals surface area contributed by atoms with Gasteiger partial charge in [0.1, 0.15) is 0 Å². The van der Waals surface area contributed by atoms with E-state index >= 15 is 0 Å². The van der Waals surface area contributed by atoms with Crippen LogP contribution in [0.15, 0.2) is 0 Å². The first kappa shape index (κ1) is 13.0. The Hall–Kier alpha value is -0.610. The molecule has 4 heteroatoms. The highest BCUT2D eigenvalue weighted by atomic mass is 16.4. The van der Waals surface area contributed by atoms with Gasteiger partial charge in [0.25, 0.3) is 0 Å². The van der Waals surface area contributed by atoms with Crippen LogP contribution in [-0.4, -0.2) is 34.0 Å². The second-order valence-electron chi connectivity index (χ2n) is 2.52. The fourth-order valence-corrected chi connectivity index (χ4v) is 0. The minimum absolute atomic E-state index is 0.139. The van der Waals surface area contributed by atoms with E-state index in [0.29, 0.717) is 0 Å². The van der Waals surface area contributed by atoms with Crippen molar-refractivity contribution in [2.24, 2.45) is 5.92 Å². The molecule has 0 heterocycles. The summed E-state index contributed by atoms with van der Waals surface area (Å²) in [6.45, 7) is 4.67. The molecule has 0 aromatic carbocycles. The highest BCUT2D eigenvalue weighted by Gasteiger charge is 1.99. The molecule has 0 rings (SSSR count). The van der Waals surface area contributed by atoms with Crippen molar-refractivity contribution < 1.29 is 20.1 Å². The van der Waals surface area contributed by atoms with E-state index in [-0.39, 0.29) is 12.5 Å². The predicted molar refractivity (Wildman–Crippen MR) is 41.2 cm³/mol. The Bertz CT molecular complexity index is 98.6. The fraction of sp³-hybridized carbons (Fsp3) is 0.857. The minimum atomic E-state index is -0.741.